The Morgan fingerprint density at radius 1 is 0.909 bits per heavy atom. The average Bonchev–Trinajstić information content (AvgIpc) is 3.63. The summed E-state index contributed by atoms with van der Waals surface area (Å²) in [6, 6.07) is 4.41. The van der Waals surface area contributed by atoms with Gasteiger partial charge in [0.2, 0.25) is 17.6 Å². The lowest BCUT2D eigenvalue weighted by Crippen LogP contribution is -2.59. The Morgan fingerprint density at radius 3 is 2.20 bits per heavy atom. The zero-order valence-corrected chi connectivity index (χ0v) is 29.9. The second-order valence-electron chi connectivity index (χ2n) is 12.8. The Bertz CT molecular complexity index is 1850. The van der Waals surface area contributed by atoms with E-state index in [-0.39, 0.29) is 19.4 Å². The fourth-order valence-electron chi connectivity index (χ4n) is 5.99. The minimum absolute atomic E-state index is 0.0130. The molecular formula is C35H38F8N6O6. The molecule has 55 heavy (non-hydrogen) atoms. The Kier molecular flexibility index (Phi) is 13.7. The maximum atomic E-state index is 15.5. The minimum Gasteiger partial charge on any atom is -0.489 e. The summed E-state index contributed by atoms with van der Waals surface area (Å²) in [7, 11) is 4.54. The van der Waals surface area contributed by atoms with Gasteiger partial charge in [-0.25, -0.2) is 19.4 Å². The maximum absolute atomic E-state index is 15.5. The number of carbonyl (C=O) groups excluding carboxylic acids is 2. The number of anilines is 1. The first-order valence-corrected chi connectivity index (χ1v) is 16.7. The number of aliphatic carboxylic acids is 1. The van der Waals surface area contributed by atoms with Crippen LogP contribution in [-0.4, -0.2) is 101 Å². The van der Waals surface area contributed by atoms with E-state index in [0.717, 1.165) is 28.2 Å². The third-order valence-corrected chi connectivity index (χ3v) is 9.12. The zero-order chi connectivity index (χ0) is 40.7. The molecule has 0 spiro atoms. The largest absolute Gasteiger partial charge is 0.489 e. The Morgan fingerprint density at radius 2 is 1.58 bits per heavy atom. The number of nitrogens with zero attached hydrogens (tertiary/aromatic N) is 5. The van der Waals surface area contributed by atoms with Crippen molar-refractivity contribution in [3.8, 4) is 17.0 Å². The molecule has 1 saturated carbocycles. The lowest BCUT2D eigenvalue weighted by molar-refractivity contribution is -0.176. The van der Waals surface area contributed by atoms with Gasteiger partial charge in [0.25, 0.3) is 0 Å². The van der Waals surface area contributed by atoms with Gasteiger partial charge in [-0.05, 0) is 50.2 Å². The lowest BCUT2D eigenvalue weighted by Gasteiger charge is -2.42. The van der Waals surface area contributed by atoms with Crippen LogP contribution in [0, 0.1) is 11.6 Å². The smallest absolute Gasteiger partial charge is 0.433 e. The van der Waals surface area contributed by atoms with Gasteiger partial charge in [0.1, 0.15) is 30.6 Å². The molecule has 12 nitrogen and oxygen atoms in total. The molecule has 0 bridgehead atoms. The molecule has 1 heterocycles. The number of hydrogen-bond acceptors (Lipinski definition) is 9. The number of carboxylic acid groups (broad SMARTS) is 1. The van der Waals surface area contributed by atoms with Crippen molar-refractivity contribution in [2.45, 2.75) is 56.5 Å². The molecule has 300 valence electrons. The number of carboxylic acids is 1. The number of methoxy groups -OCH3 is 1. The fourth-order valence-corrected chi connectivity index (χ4v) is 5.99. The third-order valence-electron chi connectivity index (χ3n) is 9.12. The van der Waals surface area contributed by atoms with Gasteiger partial charge in [0.15, 0.2) is 11.6 Å². The van der Waals surface area contributed by atoms with Crippen LogP contribution in [0.3, 0.4) is 0 Å². The van der Waals surface area contributed by atoms with E-state index in [1.807, 2.05) is 4.90 Å². The van der Waals surface area contributed by atoms with Gasteiger partial charge in [-0.1, -0.05) is 18.9 Å². The van der Waals surface area contributed by atoms with Crippen LogP contribution in [0.15, 0.2) is 42.7 Å². The Balaban J connectivity index is 1.63. The molecule has 1 aromatic heterocycles. The molecule has 2 amide bonds. The van der Waals surface area contributed by atoms with E-state index in [1.165, 1.54) is 14.2 Å². The van der Waals surface area contributed by atoms with Crippen LogP contribution >= 0.6 is 0 Å². The number of amides is 2. The first-order valence-electron chi connectivity index (χ1n) is 16.7. The van der Waals surface area contributed by atoms with Crippen molar-refractivity contribution in [1.29, 1.82) is 0 Å². The number of hydrogen-bond donors (Lipinski definition) is 2. The molecule has 3 aromatic rings. The molecule has 1 aliphatic rings. The summed E-state index contributed by atoms with van der Waals surface area (Å²) in [5.41, 5.74) is -6.53. The molecule has 20 heteroatoms. The standard InChI is InChI=1S/C35H38F8N6O6/c1-47(12-14-54-3)13-15-55-26-9-6-21(30(36)31(26)37)19-49(48(2)33(32(52)53)10-4-5-11-33)29(51)18-28(50)46-24-8-7-22(34(38,39)40)16-23(24)25-17-27(35(41,42)43)45-20-44-25/h6-9,16-17,20H,4-5,10-15,18-19H2,1-3H3,(H,46,50)(H,52,53). The highest BCUT2D eigenvalue weighted by molar-refractivity contribution is 6.05. The minimum atomic E-state index is -4.99. The number of benzene rings is 2. The predicted molar refractivity (Wildman–Crippen MR) is 179 cm³/mol. The fraction of sp³-hybridized carbons (Fsp3) is 0.457. The van der Waals surface area contributed by atoms with Gasteiger partial charge in [0, 0.05) is 38.4 Å². The van der Waals surface area contributed by atoms with Crippen molar-refractivity contribution < 1.29 is 64.1 Å². The summed E-state index contributed by atoms with van der Waals surface area (Å²) in [5, 5.41) is 14.2. The first kappa shape index (κ1) is 42.8. The van der Waals surface area contributed by atoms with E-state index in [0.29, 0.717) is 57.1 Å². The molecule has 4 rings (SSSR count). The highest BCUT2D eigenvalue weighted by atomic mass is 19.4. The second-order valence-corrected chi connectivity index (χ2v) is 12.8. The number of rotatable bonds is 16. The molecule has 2 N–H and O–H groups in total. The first-order chi connectivity index (χ1) is 25.8. The molecule has 0 radical (unpaired) electrons. The van der Waals surface area contributed by atoms with E-state index in [1.54, 1.807) is 7.05 Å². The van der Waals surface area contributed by atoms with Crippen molar-refractivity contribution in [3.63, 3.8) is 0 Å². The number of likely N-dealkylation sites (N-methyl/N-ethyl adjacent to an activating group) is 2. The molecule has 0 unspecified atom stereocenters. The average molecular weight is 791 g/mol. The Labute approximate surface area is 310 Å². The van der Waals surface area contributed by atoms with Crippen molar-refractivity contribution in [3.05, 3.63) is 71.2 Å². The topological polar surface area (TPSA) is 137 Å². The monoisotopic (exact) mass is 790 g/mol. The maximum Gasteiger partial charge on any atom is 0.433 e. The van der Waals surface area contributed by atoms with Crippen LogP contribution in [0.1, 0.15) is 48.9 Å². The summed E-state index contributed by atoms with van der Waals surface area (Å²) in [4.78, 5) is 48.3. The van der Waals surface area contributed by atoms with Crippen LogP contribution < -0.4 is 10.1 Å². The summed E-state index contributed by atoms with van der Waals surface area (Å²) in [6.07, 6.45) is -9.55. The summed E-state index contributed by atoms with van der Waals surface area (Å²) in [6.45, 7) is 0.571. The van der Waals surface area contributed by atoms with Gasteiger partial charge in [-0.15, -0.1) is 0 Å². The lowest BCUT2D eigenvalue weighted by atomic mass is 9.97. The molecule has 1 fully saturated rings. The van der Waals surface area contributed by atoms with Gasteiger partial charge in [-0.2, -0.15) is 30.7 Å². The number of ether oxygens (including phenoxy) is 2. The molecule has 1 aliphatic carbocycles. The van der Waals surface area contributed by atoms with E-state index < -0.39 is 99.8 Å². The SMILES string of the molecule is COCCN(C)CCOc1ccc(CN(C(=O)CC(=O)Nc2ccc(C(F)(F)F)cc2-c2cc(C(F)(F)F)ncn2)N(C)C2(C(=O)O)CCCC2)c(F)c1F. The van der Waals surface area contributed by atoms with E-state index >= 15 is 8.78 Å². The van der Waals surface area contributed by atoms with Crippen LogP contribution in [0.5, 0.6) is 5.75 Å². The van der Waals surface area contributed by atoms with Crippen LogP contribution in [0.2, 0.25) is 0 Å². The summed E-state index contributed by atoms with van der Waals surface area (Å²) >= 11 is 0. The van der Waals surface area contributed by atoms with Gasteiger partial charge in [-0.3, -0.25) is 19.4 Å². The van der Waals surface area contributed by atoms with Crippen LogP contribution in [0.4, 0.5) is 40.8 Å². The molecular weight excluding hydrogens is 752 g/mol. The zero-order valence-electron chi connectivity index (χ0n) is 29.9. The van der Waals surface area contributed by atoms with Gasteiger partial charge in [0.05, 0.1) is 30.1 Å². The van der Waals surface area contributed by atoms with Gasteiger partial charge < -0.3 is 24.8 Å². The van der Waals surface area contributed by atoms with E-state index in [4.69, 9.17) is 9.47 Å². The number of hydrazine groups is 1. The van der Waals surface area contributed by atoms with E-state index in [2.05, 4.69) is 15.3 Å². The third kappa shape index (κ3) is 10.4. The highest BCUT2D eigenvalue weighted by Crippen LogP contribution is 2.39. The summed E-state index contributed by atoms with van der Waals surface area (Å²) in [5.74, 6) is -6.85. The molecule has 0 saturated heterocycles. The van der Waals surface area contributed by atoms with Crippen LogP contribution in [0.25, 0.3) is 11.3 Å². The molecule has 0 atom stereocenters. The molecule has 0 aliphatic heterocycles. The van der Waals surface area contributed by atoms with Crippen LogP contribution in [-0.2, 0) is 38.0 Å². The van der Waals surface area contributed by atoms with E-state index in [9.17, 15) is 45.8 Å². The van der Waals surface area contributed by atoms with Crippen molar-refractivity contribution in [2.75, 3.05) is 52.8 Å². The Hall–Kier alpha value is -4.95. The second kappa shape index (κ2) is 17.7. The number of carbonyl (C=O) groups is 3. The highest BCUT2D eigenvalue weighted by Gasteiger charge is 2.48. The number of halogens is 8. The normalized spacial score (nSPS) is 14.3. The van der Waals surface area contributed by atoms with Crippen molar-refractivity contribution in [2.24, 2.45) is 0 Å². The molecule has 2 aromatic carbocycles. The predicted octanol–water partition coefficient (Wildman–Crippen LogP) is 6.02. The summed E-state index contributed by atoms with van der Waals surface area (Å²) < 4.78 is 122. The number of nitrogens with one attached hydrogen (secondary N) is 1. The van der Waals surface area contributed by atoms with Gasteiger partial charge >= 0.3 is 18.3 Å². The van der Waals surface area contributed by atoms with Crippen molar-refractivity contribution >= 4 is 23.5 Å². The number of alkyl halides is 6. The number of aromatic nitrogens is 2. The quantitative estimate of drug-likeness (QED) is 0.101. The van der Waals surface area contributed by atoms with Crippen molar-refractivity contribution in [1.82, 2.24) is 24.9 Å².